The van der Waals surface area contributed by atoms with Gasteiger partial charge in [-0.15, -0.1) is 0 Å². The summed E-state index contributed by atoms with van der Waals surface area (Å²) >= 11 is 0. The lowest BCUT2D eigenvalue weighted by atomic mass is 10.1. The SMILES string of the molecule is C[C@H](c1cccc(S(N)(=O)=O)c1)N1C(=O)[C@@H]2CC1CN2C[C@H](N)C(=O)N1CCC[C@H]1C#N. The number of fused-ring (bicyclic) bond motifs is 2. The van der Waals surface area contributed by atoms with Crippen LogP contribution in [0, 0.1) is 11.3 Å². The van der Waals surface area contributed by atoms with Gasteiger partial charge in [0.1, 0.15) is 6.04 Å². The molecule has 4 rings (SSSR count). The van der Waals surface area contributed by atoms with Gasteiger partial charge in [0, 0.05) is 25.7 Å². The van der Waals surface area contributed by atoms with Crippen molar-refractivity contribution in [2.75, 3.05) is 19.6 Å². The highest BCUT2D eigenvalue weighted by Gasteiger charge is 2.51. The fourth-order valence-corrected chi connectivity index (χ4v) is 5.79. The Hall–Kier alpha value is -2.52. The molecule has 0 radical (unpaired) electrons. The molecule has 3 aliphatic rings. The number of sulfonamides is 1. The Bertz CT molecular complexity index is 1070. The Morgan fingerprint density at radius 2 is 2.12 bits per heavy atom. The summed E-state index contributed by atoms with van der Waals surface area (Å²) in [5.74, 6) is -0.292. The smallest absolute Gasteiger partial charge is 0.241 e. The lowest BCUT2D eigenvalue weighted by molar-refractivity contribution is -0.141. The number of amides is 2. The summed E-state index contributed by atoms with van der Waals surface area (Å²) < 4.78 is 23.4. The number of carbonyl (C=O) groups excluding carboxylic acids is 2. The number of nitriles is 1. The van der Waals surface area contributed by atoms with Crippen molar-refractivity contribution in [1.82, 2.24) is 14.7 Å². The maximum Gasteiger partial charge on any atom is 0.241 e. The Morgan fingerprint density at radius 3 is 2.78 bits per heavy atom. The third kappa shape index (κ3) is 3.99. The number of hydrogen-bond donors (Lipinski definition) is 2. The average molecular weight is 461 g/mol. The van der Waals surface area contributed by atoms with Crippen LogP contribution in [0.5, 0.6) is 0 Å². The second-order valence-corrected chi connectivity index (χ2v) is 10.4. The lowest BCUT2D eigenvalue weighted by Gasteiger charge is -2.38. The first-order valence-electron chi connectivity index (χ1n) is 10.8. The molecule has 3 fully saturated rings. The zero-order chi connectivity index (χ0) is 23.2. The molecule has 1 aromatic carbocycles. The molecular formula is C21H28N6O4S. The summed E-state index contributed by atoms with van der Waals surface area (Å²) in [4.78, 5) is 31.2. The summed E-state index contributed by atoms with van der Waals surface area (Å²) in [5, 5.41) is 14.5. The van der Waals surface area contributed by atoms with Gasteiger partial charge in [0.05, 0.1) is 29.1 Å². The van der Waals surface area contributed by atoms with E-state index in [0.717, 1.165) is 6.42 Å². The third-order valence-corrected chi connectivity index (χ3v) is 7.74. The molecule has 10 nitrogen and oxygen atoms in total. The van der Waals surface area contributed by atoms with Crippen LogP contribution in [0.1, 0.15) is 37.8 Å². The lowest BCUT2D eigenvalue weighted by Crippen LogP contribution is -2.56. The van der Waals surface area contributed by atoms with Gasteiger partial charge in [0.2, 0.25) is 21.8 Å². The van der Waals surface area contributed by atoms with Gasteiger partial charge < -0.3 is 15.5 Å². The Kier molecular flexibility index (Phi) is 5.98. The minimum Gasteiger partial charge on any atom is -0.330 e. The van der Waals surface area contributed by atoms with E-state index in [-0.39, 0.29) is 41.4 Å². The van der Waals surface area contributed by atoms with Crippen molar-refractivity contribution in [3.05, 3.63) is 29.8 Å². The average Bonchev–Trinajstić information content (AvgIpc) is 3.46. The van der Waals surface area contributed by atoms with Gasteiger partial charge >= 0.3 is 0 Å². The van der Waals surface area contributed by atoms with Gasteiger partial charge in [-0.25, -0.2) is 13.6 Å². The van der Waals surface area contributed by atoms with E-state index in [1.165, 1.54) is 12.1 Å². The first-order valence-corrected chi connectivity index (χ1v) is 12.3. The molecule has 1 aromatic rings. The molecule has 0 spiro atoms. The largest absolute Gasteiger partial charge is 0.330 e. The zero-order valence-corrected chi connectivity index (χ0v) is 18.7. The fourth-order valence-electron chi connectivity index (χ4n) is 5.22. The summed E-state index contributed by atoms with van der Waals surface area (Å²) in [6.07, 6.45) is 2.11. The minimum absolute atomic E-state index is 0.0161. The van der Waals surface area contributed by atoms with Crippen molar-refractivity contribution in [2.45, 2.75) is 61.3 Å². The van der Waals surface area contributed by atoms with Crippen LogP contribution in [0.25, 0.3) is 0 Å². The van der Waals surface area contributed by atoms with Crippen molar-refractivity contribution in [1.29, 1.82) is 5.26 Å². The van der Waals surface area contributed by atoms with E-state index in [1.54, 1.807) is 21.9 Å². The predicted octanol–water partition coefficient (Wildman–Crippen LogP) is -0.478. The van der Waals surface area contributed by atoms with Crippen LogP contribution in [-0.4, -0.2) is 78.7 Å². The van der Waals surface area contributed by atoms with E-state index in [0.29, 0.717) is 31.5 Å². The van der Waals surface area contributed by atoms with Crippen molar-refractivity contribution >= 4 is 21.8 Å². The van der Waals surface area contributed by atoms with Gasteiger partial charge in [-0.2, -0.15) is 5.26 Å². The van der Waals surface area contributed by atoms with Crippen LogP contribution in [0.3, 0.4) is 0 Å². The van der Waals surface area contributed by atoms with Gasteiger partial charge in [0.25, 0.3) is 0 Å². The van der Waals surface area contributed by atoms with Gasteiger partial charge in [0.15, 0.2) is 0 Å². The topological polar surface area (TPSA) is 154 Å². The highest BCUT2D eigenvalue weighted by atomic mass is 32.2. The third-order valence-electron chi connectivity index (χ3n) is 6.83. The van der Waals surface area contributed by atoms with Gasteiger partial charge in [-0.05, 0) is 43.9 Å². The minimum atomic E-state index is -3.83. The summed E-state index contributed by atoms with van der Waals surface area (Å²) in [7, 11) is -3.83. The van der Waals surface area contributed by atoms with Crippen molar-refractivity contribution < 1.29 is 18.0 Å². The molecule has 32 heavy (non-hydrogen) atoms. The van der Waals surface area contributed by atoms with Crippen molar-refractivity contribution in [2.24, 2.45) is 10.9 Å². The highest BCUT2D eigenvalue weighted by molar-refractivity contribution is 7.89. The molecule has 172 valence electrons. The number of likely N-dealkylation sites (tertiary alicyclic amines) is 3. The first-order chi connectivity index (χ1) is 15.1. The normalized spacial score (nSPS) is 27.6. The van der Waals surface area contributed by atoms with E-state index >= 15 is 0 Å². The van der Waals surface area contributed by atoms with Crippen LogP contribution >= 0.6 is 0 Å². The number of benzene rings is 1. The van der Waals surface area contributed by atoms with E-state index < -0.39 is 22.1 Å². The maximum absolute atomic E-state index is 13.1. The molecule has 2 bridgehead atoms. The Balaban J connectivity index is 1.42. The molecule has 1 unspecified atom stereocenters. The summed E-state index contributed by atoms with van der Waals surface area (Å²) in [6.45, 7) is 3.27. The predicted molar refractivity (Wildman–Crippen MR) is 115 cm³/mol. The molecule has 5 atom stereocenters. The van der Waals surface area contributed by atoms with E-state index in [1.807, 2.05) is 11.8 Å². The van der Waals surface area contributed by atoms with Crippen LogP contribution in [0.4, 0.5) is 0 Å². The number of nitrogens with zero attached hydrogens (tertiary/aromatic N) is 4. The maximum atomic E-state index is 13.1. The second-order valence-electron chi connectivity index (χ2n) is 8.82. The molecule has 0 aliphatic carbocycles. The molecule has 3 heterocycles. The van der Waals surface area contributed by atoms with Crippen LogP contribution in [0.15, 0.2) is 29.2 Å². The molecule has 11 heteroatoms. The fraction of sp³-hybridized carbons (Fsp3) is 0.571. The quantitative estimate of drug-likeness (QED) is 0.581. The number of rotatable bonds is 6. The second kappa shape index (κ2) is 8.44. The van der Waals surface area contributed by atoms with Crippen molar-refractivity contribution in [3.63, 3.8) is 0 Å². The van der Waals surface area contributed by atoms with Crippen LogP contribution in [0.2, 0.25) is 0 Å². The number of nitrogens with two attached hydrogens (primary N) is 2. The number of piperazine rings is 1. The monoisotopic (exact) mass is 460 g/mol. The molecule has 4 N–H and O–H groups in total. The molecule has 3 saturated heterocycles. The van der Waals surface area contributed by atoms with Gasteiger partial charge in [-0.3, -0.25) is 14.5 Å². The Morgan fingerprint density at radius 1 is 1.38 bits per heavy atom. The highest BCUT2D eigenvalue weighted by Crippen LogP contribution is 2.38. The molecule has 3 aliphatic heterocycles. The molecule has 0 aromatic heterocycles. The van der Waals surface area contributed by atoms with E-state index in [4.69, 9.17) is 10.9 Å². The number of carbonyl (C=O) groups is 2. The van der Waals surface area contributed by atoms with Crippen LogP contribution < -0.4 is 10.9 Å². The summed E-state index contributed by atoms with van der Waals surface area (Å²) in [6, 6.07) is 6.59. The molecular weight excluding hydrogens is 432 g/mol. The molecule has 2 amide bonds. The standard InChI is InChI=1S/C21H28N6O4S/c1-13(14-4-2-6-17(8-14)32(24,30)31)27-16-9-19(21(27)29)25(11-16)12-18(23)20(28)26-7-3-5-15(26)10-22/h2,4,6,8,13,15-16,18-19H,3,5,7,9,11-12,23H2,1H3,(H2,24,30,31)/t13-,15+,16?,18+,19+/m1/s1. The van der Waals surface area contributed by atoms with E-state index in [2.05, 4.69) is 6.07 Å². The van der Waals surface area contributed by atoms with Gasteiger partial charge in [-0.1, -0.05) is 12.1 Å². The first kappa shape index (κ1) is 22.7. The number of primary sulfonamides is 1. The zero-order valence-electron chi connectivity index (χ0n) is 17.9. The number of hydrogen-bond acceptors (Lipinski definition) is 7. The summed E-state index contributed by atoms with van der Waals surface area (Å²) in [5.41, 5.74) is 6.88. The van der Waals surface area contributed by atoms with Crippen LogP contribution in [-0.2, 0) is 19.6 Å². The van der Waals surface area contributed by atoms with Crippen molar-refractivity contribution in [3.8, 4) is 6.07 Å². The van der Waals surface area contributed by atoms with E-state index in [9.17, 15) is 23.3 Å². The molecule has 0 saturated carbocycles. The Labute approximate surface area is 187 Å².